The minimum Gasteiger partial charge on any atom is -0.336 e. The van der Waals surface area contributed by atoms with Crippen LogP contribution in [0.2, 0.25) is 0 Å². The van der Waals surface area contributed by atoms with Gasteiger partial charge in [-0.2, -0.15) is 0 Å². The van der Waals surface area contributed by atoms with E-state index >= 15 is 0 Å². The van der Waals surface area contributed by atoms with Crippen molar-refractivity contribution < 1.29 is 4.79 Å². The van der Waals surface area contributed by atoms with Crippen LogP contribution in [0.4, 0.5) is 0 Å². The van der Waals surface area contributed by atoms with Crippen molar-refractivity contribution in [1.29, 1.82) is 0 Å². The van der Waals surface area contributed by atoms with Crippen molar-refractivity contribution in [2.45, 2.75) is 39.7 Å². The van der Waals surface area contributed by atoms with Crippen molar-refractivity contribution in [2.75, 3.05) is 19.6 Å². The van der Waals surface area contributed by atoms with E-state index in [0.29, 0.717) is 12.0 Å². The predicted molar refractivity (Wildman–Crippen MR) is 80.8 cm³/mol. The number of hydrogen-bond acceptors (Lipinski definition) is 3. The van der Waals surface area contributed by atoms with Crippen molar-refractivity contribution in [2.24, 2.45) is 5.92 Å². The van der Waals surface area contributed by atoms with Gasteiger partial charge >= 0.3 is 0 Å². The molecule has 1 aromatic heterocycles. The third-order valence-corrected chi connectivity index (χ3v) is 4.54. The maximum absolute atomic E-state index is 12.7. The van der Waals surface area contributed by atoms with Gasteiger partial charge in [-0.1, -0.05) is 13.8 Å². The van der Waals surface area contributed by atoms with E-state index in [2.05, 4.69) is 19.2 Å². The van der Waals surface area contributed by atoms with Crippen LogP contribution >= 0.6 is 11.3 Å². The number of nitrogens with zero attached hydrogens (tertiary/aromatic N) is 1. The van der Waals surface area contributed by atoms with Crippen molar-refractivity contribution in [1.82, 2.24) is 10.2 Å². The number of carbonyl (C=O) groups excluding carboxylic acids is 1. The molecular weight excluding hydrogens is 256 g/mol. The molecule has 1 N–H and O–H groups in total. The van der Waals surface area contributed by atoms with E-state index in [1.807, 2.05) is 23.3 Å². The summed E-state index contributed by atoms with van der Waals surface area (Å²) in [7, 11) is 0. The zero-order chi connectivity index (χ0) is 13.8. The molecule has 1 aliphatic heterocycles. The van der Waals surface area contributed by atoms with Gasteiger partial charge in [0.2, 0.25) is 0 Å². The van der Waals surface area contributed by atoms with Crippen LogP contribution in [0.1, 0.15) is 41.9 Å². The minimum absolute atomic E-state index is 0.204. The van der Waals surface area contributed by atoms with Crippen LogP contribution in [0.5, 0.6) is 0 Å². The van der Waals surface area contributed by atoms with Gasteiger partial charge in [0.05, 0.1) is 4.88 Å². The Labute approximate surface area is 120 Å². The summed E-state index contributed by atoms with van der Waals surface area (Å²) < 4.78 is 0. The number of carbonyl (C=O) groups is 1. The number of hydrogen-bond donors (Lipinski definition) is 1. The molecule has 1 unspecified atom stereocenters. The lowest BCUT2D eigenvalue weighted by molar-refractivity contribution is 0.0725. The molecule has 0 aromatic carbocycles. The third kappa shape index (κ3) is 3.80. The zero-order valence-electron chi connectivity index (χ0n) is 12.1. The van der Waals surface area contributed by atoms with Gasteiger partial charge in [-0.15, -0.1) is 11.3 Å². The fourth-order valence-corrected chi connectivity index (χ4v) is 3.49. The lowest BCUT2D eigenvalue weighted by Crippen LogP contribution is -2.42. The fourth-order valence-electron chi connectivity index (χ4n) is 2.60. The number of amides is 1. The molecular formula is C15H24N2OS. The van der Waals surface area contributed by atoms with E-state index in [4.69, 9.17) is 0 Å². The molecule has 2 heterocycles. The normalized spacial score (nSPS) is 19.1. The zero-order valence-corrected chi connectivity index (χ0v) is 12.9. The Morgan fingerprint density at radius 2 is 2.37 bits per heavy atom. The van der Waals surface area contributed by atoms with E-state index in [0.717, 1.165) is 30.1 Å². The summed E-state index contributed by atoms with van der Waals surface area (Å²) in [6.07, 6.45) is 2.41. The Balaban J connectivity index is 2.07. The van der Waals surface area contributed by atoms with Gasteiger partial charge in [-0.05, 0) is 49.2 Å². The lowest BCUT2D eigenvalue weighted by atomic mass is 10.1. The maximum Gasteiger partial charge on any atom is 0.264 e. The topological polar surface area (TPSA) is 32.3 Å². The second-order valence-corrected chi connectivity index (χ2v) is 6.75. The maximum atomic E-state index is 12.7. The Morgan fingerprint density at radius 1 is 1.58 bits per heavy atom. The molecule has 106 valence electrons. The first-order valence-electron chi connectivity index (χ1n) is 7.14. The van der Waals surface area contributed by atoms with Crippen LogP contribution in [0, 0.1) is 12.8 Å². The Morgan fingerprint density at radius 3 is 2.89 bits per heavy atom. The second-order valence-electron chi connectivity index (χ2n) is 5.83. The molecule has 1 aliphatic rings. The highest BCUT2D eigenvalue weighted by atomic mass is 32.1. The monoisotopic (exact) mass is 280 g/mol. The molecule has 1 saturated heterocycles. The Kier molecular flexibility index (Phi) is 4.99. The number of thiophene rings is 1. The molecule has 1 aromatic rings. The molecule has 19 heavy (non-hydrogen) atoms. The molecule has 0 aliphatic carbocycles. The highest BCUT2D eigenvalue weighted by molar-refractivity contribution is 7.12. The van der Waals surface area contributed by atoms with Crippen molar-refractivity contribution in [3.05, 3.63) is 21.9 Å². The lowest BCUT2D eigenvalue weighted by Gasteiger charge is -2.27. The predicted octanol–water partition coefficient (Wildman–Crippen LogP) is 2.91. The summed E-state index contributed by atoms with van der Waals surface area (Å²) in [5, 5.41) is 5.49. The van der Waals surface area contributed by atoms with Crippen LogP contribution in [-0.4, -0.2) is 36.5 Å². The van der Waals surface area contributed by atoms with E-state index in [1.165, 1.54) is 12.8 Å². The first-order valence-corrected chi connectivity index (χ1v) is 8.02. The Hall–Kier alpha value is -0.870. The van der Waals surface area contributed by atoms with Crippen LogP contribution in [0.15, 0.2) is 11.4 Å². The molecule has 1 amide bonds. The third-order valence-electron chi connectivity index (χ3n) is 3.53. The fraction of sp³-hybridized carbons (Fsp3) is 0.667. The van der Waals surface area contributed by atoms with Crippen molar-refractivity contribution in [3.8, 4) is 0 Å². The van der Waals surface area contributed by atoms with Crippen molar-refractivity contribution >= 4 is 17.2 Å². The summed E-state index contributed by atoms with van der Waals surface area (Å²) in [5.74, 6) is 0.709. The molecule has 0 spiro atoms. The smallest absolute Gasteiger partial charge is 0.264 e. The van der Waals surface area contributed by atoms with Crippen LogP contribution in [0.3, 0.4) is 0 Å². The molecule has 0 radical (unpaired) electrons. The molecule has 1 fully saturated rings. The van der Waals surface area contributed by atoms with E-state index < -0.39 is 0 Å². The standard InChI is InChI=1S/C15H24N2OS/c1-11(2)9-17(10-13-5-4-7-16-13)15(18)14-12(3)6-8-19-14/h6,8,11,13,16H,4-5,7,9-10H2,1-3H3. The van der Waals surface area contributed by atoms with Crippen LogP contribution in [-0.2, 0) is 0 Å². The number of aryl methyl sites for hydroxylation is 1. The highest BCUT2D eigenvalue weighted by Gasteiger charge is 2.24. The SMILES string of the molecule is Cc1ccsc1C(=O)N(CC(C)C)CC1CCCN1. The minimum atomic E-state index is 0.204. The van der Waals surface area contributed by atoms with Gasteiger partial charge in [0.25, 0.3) is 5.91 Å². The second kappa shape index (κ2) is 6.53. The summed E-state index contributed by atoms with van der Waals surface area (Å²) in [5.41, 5.74) is 1.10. The molecule has 2 rings (SSSR count). The van der Waals surface area contributed by atoms with Crippen molar-refractivity contribution in [3.63, 3.8) is 0 Å². The average Bonchev–Trinajstić information content (AvgIpc) is 2.98. The largest absolute Gasteiger partial charge is 0.336 e. The highest BCUT2D eigenvalue weighted by Crippen LogP contribution is 2.19. The first kappa shape index (κ1) is 14.5. The molecule has 0 saturated carbocycles. The van der Waals surface area contributed by atoms with Gasteiger partial charge in [0.1, 0.15) is 0 Å². The molecule has 0 bridgehead atoms. The van der Waals surface area contributed by atoms with E-state index in [1.54, 1.807) is 11.3 Å². The Bertz CT molecular complexity index is 422. The van der Waals surface area contributed by atoms with Gasteiger partial charge in [0.15, 0.2) is 0 Å². The summed E-state index contributed by atoms with van der Waals surface area (Å²) in [4.78, 5) is 15.6. The van der Waals surface area contributed by atoms with Gasteiger partial charge in [-0.3, -0.25) is 4.79 Å². The van der Waals surface area contributed by atoms with Crippen LogP contribution < -0.4 is 5.32 Å². The van der Waals surface area contributed by atoms with E-state index in [-0.39, 0.29) is 5.91 Å². The number of rotatable bonds is 5. The quantitative estimate of drug-likeness (QED) is 0.899. The van der Waals surface area contributed by atoms with Gasteiger partial charge < -0.3 is 10.2 Å². The molecule has 1 atom stereocenters. The first-order chi connectivity index (χ1) is 9.08. The van der Waals surface area contributed by atoms with Crippen LogP contribution in [0.25, 0.3) is 0 Å². The van der Waals surface area contributed by atoms with Gasteiger partial charge in [-0.25, -0.2) is 0 Å². The summed E-state index contributed by atoms with van der Waals surface area (Å²) in [6, 6.07) is 2.50. The molecule has 4 heteroatoms. The summed E-state index contributed by atoms with van der Waals surface area (Å²) in [6.45, 7) is 9.13. The number of nitrogens with one attached hydrogen (secondary N) is 1. The summed E-state index contributed by atoms with van der Waals surface area (Å²) >= 11 is 1.56. The van der Waals surface area contributed by atoms with Gasteiger partial charge in [0, 0.05) is 19.1 Å². The van der Waals surface area contributed by atoms with E-state index in [9.17, 15) is 4.79 Å². The molecule has 3 nitrogen and oxygen atoms in total. The average molecular weight is 280 g/mol.